The van der Waals surface area contributed by atoms with Gasteiger partial charge in [0.2, 0.25) is 0 Å². The van der Waals surface area contributed by atoms with E-state index >= 15 is 0 Å². The van der Waals surface area contributed by atoms with Crippen molar-refractivity contribution in [1.82, 2.24) is 0 Å². The fraction of sp³-hybridized carbons (Fsp3) is 0. The van der Waals surface area contributed by atoms with Gasteiger partial charge >= 0.3 is 17.1 Å². The standard InChI is InChI=1S/C19H12N4O7/c24-21(25)15-11-16(22(26)27)19(17(12-15)23(28)29)30-20-18(13-7-3-1-4-8-13)14-9-5-2-6-10-14/h1-12H. The fourth-order valence-corrected chi connectivity index (χ4v) is 2.61. The van der Waals surface area contributed by atoms with Crippen molar-refractivity contribution in [1.29, 1.82) is 0 Å². The molecule has 11 heteroatoms. The summed E-state index contributed by atoms with van der Waals surface area (Å²) in [5, 5.41) is 37.7. The highest BCUT2D eigenvalue weighted by molar-refractivity contribution is 6.12. The van der Waals surface area contributed by atoms with E-state index in [4.69, 9.17) is 4.84 Å². The second kappa shape index (κ2) is 8.56. The van der Waals surface area contributed by atoms with Crippen LogP contribution in [0, 0.1) is 30.3 Å². The summed E-state index contributed by atoms with van der Waals surface area (Å²) in [6, 6.07) is 18.6. The summed E-state index contributed by atoms with van der Waals surface area (Å²) < 4.78 is 0. The molecule has 0 fully saturated rings. The quantitative estimate of drug-likeness (QED) is 0.322. The third-order valence-electron chi connectivity index (χ3n) is 3.96. The molecule has 0 N–H and O–H groups in total. The molecule has 0 atom stereocenters. The van der Waals surface area contributed by atoms with Gasteiger partial charge in [0, 0.05) is 11.1 Å². The first-order chi connectivity index (χ1) is 14.4. The predicted octanol–water partition coefficient (Wildman–Crippen LogP) is 4.24. The van der Waals surface area contributed by atoms with Crippen molar-refractivity contribution >= 4 is 22.8 Å². The number of rotatable bonds is 7. The minimum absolute atomic E-state index is 0.262. The molecule has 0 unspecified atom stereocenters. The summed E-state index contributed by atoms with van der Waals surface area (Å²) in [7, 11) is 0. The van der Waals surface area contributed by atoms with Crippen molar-refractivity contribution in [3.8, 4) is 5.75 Å². The molecular weight excluding hydrogens is 396 g/mol. The zero-order chi connectivity index (χ0) is 21.7. The number of oxime groups is 1. The van der Waals surface area contributed by atoms with E-state index < -0.39 is 37.6 Å². The summed E-state index contributed by atoms with van der Waals surface area (Å²) in [4.78, 5) is 36.0. The van der Waals surface area contributed by atoms with Crippen LogP contribution in [0.3, 0.4) is 0 Å². The summed E-state index contributed by atoms with van der Waals surface area (Å²) in [6.07, 6.45) is 0. The summed E-state index contributed by atoms with van der Waals surface area (Å²) in [5.74, 6) is -0.806. The molecule has 0 aliphatic heterocycles. The lowest BCUT2D eigenvalue weighted by atomic mass is 10.0. The Kier molecular flexibility index (Phi) is 5.73. The highest BCUT2D eigenvalue weighted by Gasteiger charge is 2.33. The van der Waals surface area contributed by atoms with Gasteiger partial charge in [0.1, 0.15) is 5.71 Å². The largest absolute Gasteiger partial charge is 0.341 e. The number of nitro groups is 3. The number of nitro benzene ring substituents is 3. The number of hydrogen-bond acceptors (Lipinski definition) is 8. The van der Waals surface area contributed by atoms with Crippen LogP contribution in [-0.2, 0) is 0 Å². The van der Waals surface area contributed by atoms with Gasteiger partial charge in [-0.2, -0.15) is 0 Å². The Labute approximate surface area is 168 Å². The molecule has 0 amide bonds. The lowest BCUT2D eigenvalue weighted by molar-refractivity contribution is -0.404. The maximum Gasteiger partial charge on any atom is 0.328 e. The molecule has 0 radical (unpaired) electrons. The maximum absolute atomic E-state index is 11.4. The fourth-order valence-electron chi connectivity index (χ4n) is 2.61. The zero-order valence-corrected chi connectivity index (χ0v) is 15.1. The van der Waals surface area contributed by atoms with E-state index in [9.17, 15) is 30.3 Å². The van der Waals surface area contributed by atoms with E-state index in [2.05, 4.69) is 5.16 Å². The zero-order valence-electron chi connectivity index (χ0n) is 15.1. The smallest absolute Gasteiger partial charge is 0.328 e. The van der Waals surface area contributed by atoms with Crippen LogP contribution in [-0.4, -0.2) is 20.5 Å². The number of benzene rings is 3. The van der Waals surface area contributed by atoms with Crippen LogP contribution >= 0.6 is 0 Å². The van der Waals surface area contributed by atoms with Gasteiger partial charge in [0.15, 0.2) is 0 Å². The molecule has 0 saturated carbocycles. The SMILES string of the molecule is O=[N+]([O-])c1cc([N+](=O)[O-])c(ON=C(c2ccccc2)c2ccccc2)c([N+](=O)[O-])c1. The average molecular weight is 408 g/mol. The minimum atomic E-state index is -1.00. The molecule has 0 heterocycles. The Bertz CT molecular complexity index is 1070. The number of hydrogen-bond donors (Lipinski definition) is 0. The Morgan fingerprint density at radius 3 is 1.50 bits per heavy atom. The maximum atomic E-state index is 11.4. The first kappa shape index (κ1) is 20.1. The van der Waals surface area contributed by atoms with Gasteiger partial charge in [0.05, 0.1) is 26.9 Å². The molecule has 0 bridgehead atoms. The van der Waals surface area contributed by atoms with Gasteiger partial charge in [0.25, 0.3) is 5.69 Å². The van der Waals surface area contributed by atoms with E-state index in [-0.39, 0.29) is 5.71 Å². The van der Waals surface area contributed by atoms with Gasteiger partial charge in [-0.15, -0.1) is 0 Å². The van der Waals surface area contributed by atoms with Crippen LogP contribution in [0.2, 0.25) is 0 Å². The first-order valence-electron chi connectivity index (χ1n) is 8.35. The van der Waals surface area contributed by atoms with Crippen LogP contribution in [0.15, 0.2) is 78.0 Å². The van der Waals surface area contributed by atoms with Crippen LogP contribution in [0.25, 0.3) is 0 Å². The predicted molar refractivity (Wildman–Crippen MR) is 106 cm³/mol. The molecule has 3 rings (SSSR count). The second-order valence-electron chi connectivity index (χ2n) is 5.85. The monoisotopic (exact) mass is 408 g/mol. The molecule has 150 valence electrons. The molecule has 30 heavy (non-hydrogen) atoms. The van der Waals surface area contributed by atoms with Crippen molar-refractivity contribution < 1.29 is 19.6 Å². The molecule has 0 aliphatic rings. The molecule has 0 aliphatic carbocycles. The topological polar surface area (TPSA) is 151 Å². The number of non-ortho nitro benzene ring substituents is 1. The lowest BCUT2D eigenvalue weighted by Gasteiger charge is -2.08. The molecule has 3 aromatic rings. The highest BCUT2D eigenvalue weighted by Crippen LogP contribution is 2.40. The van der Waals surface area contributed by atoms with E-state index in [1.54, 1.807) is 60.7 Å². The van der Waals surface area contributed by atoms with Crippen LogP contribution in [0.4, 0.5) is 17.1 Å². The Morgan fingerprint density at radius 1 is 0.700 bits per heavy atom. The van der Waals surface area contributed by atoms with Crippen molar-refractivity contribution in [3.63, 3.8) is 0 Å². The Balaban J connectivity index is 2.17. The minimum Gasteiger partial charge on any atom is -0.341 e. The average Bonchev–Trinajstić information content (AvgIpc) is 2.74. The Morgan fingerprint density at radius 2 is 1.13 bits per heavy atom. The van der Waals surface area contributed by atoms with E-state index in [0.29, 0.717) is 23.3 Å². The Hall–Kier alpha value is -4.67. The van der Waals surface area contributed by atoms with Gasteiger partial charge in [-0.1, -0.05) is 65.8 Å². The van der Waals surface area contributed by atoms with E-state index in [1.807, 2.05) is 0 Å². The normalized spacial score (nSPS) is 10.1. The first-order valence-corrected chi connectivity index (χ1v) is 8.35. The van der Waals surface area contributed by atoms with Crippen molar-refractivity contribution in [2.75, 3.05) is 0 Å². The van der Waals surface area contributed by atoms with E-state index in [1.165, 1.54) is 0 Å². The van der Waals surface area contributed by atoms with Gasteiger partial charge in [-0.25, -0.2) is 0 Å². The van der Waals surface area contributed by atoms with Gasteiger partial charge in [-0.3, -0.25) is 30.3 Å². The van der Waals surface area contributed by atoms with Gasteiger partial charge < -0.3 is 4.84 Å². The van der Waals surface area contributed by atoms with Crippen molar-refractivity contribution in [3.05, 3.63) is 114 Å². The lowest BCUT2D eigenvalue weighted by Crippen LogP contribution is -2.07. The van der Waals surface area contributed by atoms with Crippen LogP contribution < -0.4 is 4.84 Å². The summed E-state index contributed by atoms with van der Waals surface area (Å²) in [5.41, 5.74) is -1.25. The second-order valence-corrected chi connectivity index (χ2v) is 5.85. The van der Waals surface area contributed by atoms with Gasteiger partial charge in [-0.05, 0) is 0 Å². The van der Waals surface area contributed by atoms with Crippen LogP contribution in [0.1, 0.15) is 11.1 Å². The van der Waals surface area contributed by atoms with E-state index in [0.717, 1.165) is 0 Å². The van der Waals surface area contributed by atoms with Crippen molar-refractivity contribution in [2.24, 2.45) is 5.16 Å². The molecule has 0 spiro atoms. The molecule has 3 aromatic carbocycles. The summed E-state index contributed by atoms with van der Waals surface area (Å²) >= 11 is 0. The molecule has 0 aromatic heterocycles. The van der Waals surface area contributed by atoms with Crippen molar-refractivity contribution in [2.45, 2.75) is 0 Å². The molecule has 11 nitrogen and oxygen atoms in total. The third kappa shape index (κ3) is 4.25. The number of nitrogens with zero attached hydrogens (tertiary/aromatic N) is 4. The summed E-state index contributed by atoms with van der Waals surface area (Å²) in [6.45, 7) is 0. The highest BCUT2D eigenvalue weighted by atomic mass is 16.7. The third-order valence-corrected chi connectivity index (χ3v) is 3.96. The molecular formula is C19H12N4O7. The van der Waals surface area contributed by atoms with Crippen LogP contribution in [0.5, 0.6) is 5.75 Å². The molecule has 0 saturated heterocycles.